The van der Waals surface area contributed by atoms with Gasteiger partial charge in [-0.3, -0.25) is 9.89 Å². The van der Waals surface area contributed by atoms with Gasteiger partial charge in [-0.25, -0.2) is 0 Å². The molecule has 0 aliphatic rings. The van der Waals surface area contributed by atoms with Crippen LogP contribution in [-0.2, 0) is 4.79 Å². The van der Waals surface area contributed by atoms with Crippen LogP contribution >= 0.6 is 0 Å². The van der Waals surface area contributed by atoms with E-state index in [0.29, 0.717) is 29.3 Å². The average Bonchev–Trinajstić information content (AvgIpc) is 3.09. The highest BCUT2D eigenvalue weighted by Crippen LogP contribution is 2.36. The second kappa shape index (κ2) is 8.61. The molecule has 2 N–H and O–H groups in total. The second-order valence-corrected chi connectivity index (χ2v) is 6.50. The van der Waals surface area contributed by atoms with E-state index in [4.69, 9.17) is 9.47 Å². The van der Waals surface area contributed by atoms with Crippen LogP contribution in [0.3, 0.4) is 0 Å². The van der Waals surface area contributed by atoms with Gasteiger partial charge in [0.25, 0.3) is 0 Å². The Morgan fingerprint density at radius 3 is 2.46 bits per heavy atom. The number of amides is 1. The van der Waals surface area contributed by atoms with Gasteiger partial charge in [0.05, 0.1) is 31.5 Å². The normalized spacial score (nSPS) is 11.7. The van der Waals surface area contributed by atoms with E-state index in [1.165, 1.54) is 0 Å². The molecule has 0 spiro atoms. The summed E-state index contributed by atoms with van der Waals surface area (Å²) in [6, 6.07) is 15.4. The van der Waals surface area contributed by atoms with Gasteiger partial charge in [0.15, 0.2) is 11.5 Å². The van der Waals surface area contributed by atoms with E-state index in [0.717, 1.165) is 16.8 Å². The molecular formula is C22H25N3O3. The van der Waals surface area contributed by atoms with E-state index in [2.05, 4.69) is 15.5 Å². The van der Waals surface area contributed by atoms with Crippen molar-refractivity contribution in [1.82, 2.24) is 10.2 Å². The standard InChI is InChI=1S/C22H25N3O3/c1-5-17(15-9-7-6-8-10-15)22(26)23-20-14(2)24-25-21(20)16-11-12-18(27-3)19(13-16)28-4/h6-13,17H,5H2,1-4H3,(H,23,26)(H,24,25). The molecule has 1 unspecified atom stereocenters. The summed E-state index contributed by atoms with van der Waals surface area (Å²) in [4.78, 5) is 13.0. The lowest BCUT2D eigenvalue weighted by molar-refractivity contribution is -0.117. The zero-order valence-corrected chi connectivity index (χ0v) is 16.6. The molecule has 1 aromatic heterocycles. The van der Waals surface area contributed by atoms with E-state index < -0.39 is 0 Å². The monoisotopic (exact) mass is 379 g/mol. The summed E-state index contributed by atoms with van der Waals surface area (Å²) in [5.74, 6) is 0.960. The largest absolute Gasteiger partial charge is 0.493 e. The molecule has 146 valence electrons. The summed E-state index contributed by atoms with van der Waals surface area (Å²) in [5, 5.41) is 10.4. The van der Waals surface area contributed by atoms with E-state index in [1.807, 2.05) is 62.4 Å². The lowest BCUT2D eigenvalue weighted by Crippen LogP contribution is -2.21. The van der Waals surface area contributed by atoms with Crippen molar-refractivity contribution in [3.05, 3.63) is 59.8 Å². The summed E-state index contributed by atoms with van der Waals surface area (Å²) in [6.45, 7) is 3.89. The minimum atomic E-state index is -0.228. The molecule has 1 heterocycles. The van der Waals surface area contributed by atoms with Crippen molar-refractivity contribution < 1.29 is 14.3 Å². The van der Waals surface area contributed by atoms with Gasteiger partial charge in [-0.05, 0) is 37.1 Å². The van der Waals surface area contributed by atoms with Gasteiger partial charge >= 0.3 is 0 Å². The highest BCUT2D eigenvalue weighted by molar-refractivity contribution is 5.99. The third-order valence-electron chi connectivity index (χ3n) is 4.78. The van der Waals surface area contributed by atoms with Crippen molar-refractivity contribution in [2.75, 3.05) is 19.5 Å². The molecule has 0 saturated carbocycles. The lowest BCUT2D eigenvalue weighted by atomic mass is 9.95. The van der Waals surface area contributed by atoms with Crippen LogP contribution in [0.15, 0.2) is 48.5 Å². The first-order valence-corrected chi connectivity index (χ1v) is 9.22. The van der Waals surface area contributed by atoms with Gasteiger partial charge in [-0.15, -0.1) is 0 Å². The molecule has 0 bridgehead atoms. The van der Waals surface area contributed by atoms with Crippen LogP contribution in [0.1, 0.15) is 30.5 Å². The molecule has 6 heteroatoms. The predicted octanol–water partition coefficient (Wildman–Crippen LogP) is 4.53. The Labute approximate surface area is 164 Å². The molecule has 0 saturated heterocycles. The predicted molar refractivity (Wildman–Crippen MR) is 110 cm³/mol. The zero-order valence-electron chi connectivity index (χ0n) is 16.6. The van der Waals surface area contributed by atoms with Gasteiger partial charge in [0, 0.05) is 5.56 Å². The van der Waals surface area contributed by atoms with Crippen LogP contribution < -0.4 is 14.8 Å². The summed E-state index contributed by atoms with van der Waals surface area (Å²) >= 11 is 0. The Morgan fingerprint density at radius 2 is 1.82 bits per heavy atom. The molecule has 0 aliphatic carbocycles. The van der Waals surface area contributed by atoms with Crippen LogP contribution in [0.5, 0.6) is 11.5 Å². The fraction of sp³-hybridized carbons (Fsp3) is 0.273. The maximum absolute atomic E-state index is 13.0. The molecular weight excluding hydrogens is 354 g/mol. The Morgan fingerprint density at radius 1 is 1.11 bits per heavy atom. The third-order valence-corrected chi connectivity index (χ3v) is 4.78. The number of anilines is 1. The average molecular weight is 379 g/mol. The molecule has 3 rings (SSSR count). The minimum Gasteiger partial charge on any atom is -0.493 e. The molecule has 1 atom stereocenters. The number of hydrogen-bond donors (Lipinski definition) is 2. The van der Waals surface area contributed by atoms with Crippen molar-refractivity contribution >= 4 is 11.6 Å². The van der Waals surface area contributed by atoms with Crippen molar-refractivity contribution in [3.63, 3.8) is 0 Å². The molecule has 1 amide bonds. The topological polar surface area (TPSA) is 76.2 Å². The number of ether oxygens (including phenoxy) is 2. The highest BCUT2D eigenvalue weighted by Gasteiger charge is 2.22. The SMILES string of the molecule is CCC(C(=O)Nc1c(-c2ccc(OC)c(OC)c2)n[nH]c1C)c1ccccc1. The van der Waals surface area contributed by atoms with Crippen LogP contribution in [0, 0.1) is 6.92 Å². The number of hydrogen-bond acceptors (Lipinski definition) is 4. The molecule has 0 radical (unpaired) electrons. The lowest BCUT2D eigenvalue weighted by Gasteiger charge is -2.16. The van der Waals surface area contributed by atoms with E-state index in [1.54, 1.807) is 14.2 Å². The number of nitrogens with one attached hydrogen (secondary N) is 2. The van der Waals surface area contributed by atoms with E-state index in [-0.39, 0.29) is 11.8 Å². The number of rotatable bonds is 7. The van der Waals surface area contributed by atoms with Crippen LogP contribution in [0.4, 0.5) is 5.69 Å². The zero-order chi connectivity index (χ0) is 20.1. The fourth-order valence-corrected chi connectivity index (χ4v) is 3.24. The van der Waals surface area contributed by atoms with Crippen LogP contribution in [0.25, 0.3) is 11.3 Å². The summed E-state index contributed by atoms with van der Waals surface area (Å²) in [7, 11) is 3.18. The smallest absolute Gasteiger partial charge is 0.232 e. The van der Waals surface area contributed by atoms with Gasteiger partial charge in [-0.1, -0.05) is 37.3 Å². The summed E-state index contributed by atoms with van der Waals surface area (Å²) < 4.78 is 10.7. The number of H-pyrrole nitrogens is 1. The Bertz CT molecular complexity index is 951. The quantitative estimate of drug-likeness (QED) is 0.632. The first-order valence-electron chi connectivity index (χ1n) is 9.22. The molecule has 3 aromatic rings. The molecule has 0 aliphatic heterocycles. The molecule has 0 fully saturated rings. The molecule has 28 heavy (non-hydrogen) atoms. The van der Waals surface area contributed by atoms with Gasteiger partial charge in [0.1, 0.15) is 5.69 Å². The number of benzene rings is 2. The van der Waals surface area contributed by atoms with Crippen molar-refractivity contribution in [2.45, 2.75) is 26.2 Å². The molecule has 2 aromatic carbocycles. The van der Waals surface area contributed by atoms with Gasteiger partial charge in [-0.2, -0.15) is 5.10 Å². The van der Waals surface area contributed by atoms with E-state index in [9.17, 15) is 4.79 Å². The number of aromatic amines is 1. The number of carbonyl (C=O) groups excluding carboxylic acids is 1. The van der Waals surface area contributed by atoms with Gasteiger partial charge < -0.3 is 14.8 Å². The number of aromatic nitrogens is 2. The van der Waals surface area contributed by atoms with Crippen molar-refractivity contribution in [1.29, 1.82) is 0 Å². The number of methoxy groups -OCH3 is 2. The maximum atomic E-state index is 13.0. The molecule has 6 nitrogen and oxygen atoms in total. The number of nitrogens with zero attached hydrogens (tertiary/aromatic N) is 1. The van der Waals surface area contributed by atoms with Gasteiger partial charge in [0.2, 0.25) is 5.91 Å². The second-order valence-electron chi connectivity index (χ2n) is 6.50. The summed E-state index contributed by atoms with van der Waals surface area (Å²) in [6.07, 6.45) is 0.707. The Hall–Kier alpha value is -3.28. The third kappa shape index (κ3) is 3.86. The van der Waals surface area contributed by atoms with Crippen molar-refractivity contribution in [2.24, 2.45) is 0 Å². The van der Waals surface area contributed by atoms with Crippen LogP contribution in [-0.4, -0.2) is 30.3 Å². The Balaban J connectivity index is 1.92. The fourth-order valence-electron chi connectivity index (χ4n) is 3.24. The Kier molecular flexibility index (Phi) is 5.99. The number of carbonyl (C=O) groups is 1. The highest BCUT2D eigenvalue weighted by atomic mass is 16.5. The first-order chi connectivity index (χ1) is 13.6. The number of aryl methyl sites for hydroxylation is 1. The minimum absolute atomic E-state index is 0.0556. The van der Waals surface area contributed by atoms with Crippen LogP contribution in [0.2, 0.25) is 0 Å². The van der Waals surface area contributed by atoms with Crippen molar-refractivity contribution in [3.8, 4) is 22.8 Å². The first kappa shape index (κ1) is 19.5. The van der Waals surface area contributed by atoms with E-state index >= 15 is 0 Å². The summed E-state index contributed by atoms with van der Waals surface area (Å²) in [5.41, 5.74) is 3.95. The maximum Gasteiger partial charge on any atom is 0.232 e.